The molecule has 7 nitrogen and oxygen atoms in total. The zero-order valence-electron chi connectivity index (χ0n) is 21.5. The molecule has 0 amide bonds. The molecule has 7 rings (SSSR count). The first-order chi connectivity index (χ1) is 19.7. The highest BCUT2D eigenvalue weighted by atomic mass is 35.5. The predicted molar refractivity (Wildman–Crippen MR) is 163 cm³/mol. The molecule has 1 aliphatic heterocycles. The topological polar surface area (TPSA) is 84.2 Å². The molecule has 200 valence electrons. The molecule has 0 atom stereocenters. The molecule has 2 aromatic heterocycles. The molecule has 1 aliphatic carbocycles. The third kappa shape index (κ3) is 5.33. The molecule has 40 heavy (non-hydrogen) atoms. The van der Waals surface area contributed by atoms with E-state index in [-0.39, 0.29) is 0 Å². The van der Waals surface area contributed by atoms with Gasteiger partial charge in [-0.15, -0.1) is 11.8 Å². The zero-order chi connectivity index (χ0) is 26.9. The normalized spacial score (nSPS) is 14.6. The number of hydrogen-bond acceptors (Lipinski definition) is 8. The van der Waals surface area contributed by atoms with Crippen molar-refractivity contribution in [3.63, 3.8) is 0 Å². The Kier molecular flexibility index (Phi) is 6.71. The number of halogens is 1. The maximum Gasteiger partial charge on any atom is 0.229 e. The van der Waals surface area contributed by atoms with Gasteiger partial charge in [-0.3, -0.25) is 0 Å². The monoisotopic (exact) mass is 567 g/mol. The molecule has 0 radical (unpaired) electrons. The number of anilines is 5. The van der Waals surface area contributed by atoms with Crippen LogP contribution in [0.3, 0.4) is 0 Å². The Hall–Kier alpha value is -4.14. The van der Waals surface area contributed by atoms with E-state index in [1.165, 1.54) is 12.0 Å². The first kappa shape index (κ1) is 24.9. The van der Waals surface area contributed by atoms with E-state index < -0.39 is 0 Å². The van der Waals surface area contributed by atoms with Crippen molar-refractivity contribution >= 4 is 68.9 Å². The summed E-state index contributed by atoms with van der Waals surface area (Å²) in [5, 5.41) is 11.9. The maximum atomic E-state index is 6.44. The van der Waals surface area contributed by atoms with Crippen LogP contribution in [0.2, 0.25) is 5.02 Å². The summed E-state index contributed by atoms with van der Waals surface area (Å²) in [4.78, 5) is 10.2. The van der Waals surface area contributed by atoms with Crippen LogP contribution in [0.1, 0.15) is 24.8 Å². The van der Waals surface area contributed by atoms with Gasteiger partial charge in [-0.25, -0.2) is 4.98 Å². The minimum absolute atomic E-state index is 0.429. The highest BCUT2D eigenvalue weighted by Crippen LogP contribution is 2.37. The number of nitrogens with one attached hydrogen (secondary N) is 3. The summed E-state index contributed by atoms with van der Waals surface area (Å²) in [6.07, 6.45) is 6.70. The van der Waals surface area contributed by atoms with Crippen molar-refractivity contribution in [2.45, 2.75) is 24.2 Å². The minimum atomic E-state index is 0.429. The van der Waals surface area contributed by atoms with Crippen molar-refractivity contribution in [3.05, 3.63) is 95.3 Å². The molecule has 5 aromatic rings. The zero-order valence-corrected chi connectivity index (χ0v) is 23.1. The lowest BCUT2D eigenvalue weighted by atomic mass is 9.88. The minimum Gasteiger partial charge on any atom is -0.493 e. The Morgan fingerprint density at radius 1 is 0.975 bits per heavy atom. The number of aromatic nitrogens is 2. The Morgan fingerprint density at radius 2 is 1.93 bits per heavy atom. The van der Waals surface area contributed by atoms with Gasteiger partial charge in [0.25, 0.3) is 0 Å². The van der Waals surface area contributed by atoms with E-state index in [9.17, 15) is 0 Å². The van der Waals surface area contributed by atoms with Crippen molar-refractivity contribution < 1.29 is 9.15 Å². The van der Waals surface area contributed by atoms with Gasteiger partial charge in [0, 0.05) is 50.9 Å². The molecule has 1 fully saturated rings. The van der Waals surface area contributed by atoms with Gasteiger partial charge in [0.15, 0.2) is 5.82 Å². The van der Waals surface area contributed by atoms with Gasteiger partial charge in [0.2, 0.25) is 5.95 Å². The summed E-state index contributed by atoms with van der Waals surface area (Å²) in [6.45, 7) is 0.562. The average molecular weight is 568 g/mol. The fraction of sp³-hybridized carbons (Fsp3) is 0.161. The van der Waals surface area contributed by atoms with Crippen LogP contribution in [-0.4, -0.2) is 22.3 Å². The number of furan rings is 1. The van der Waals surface area contributed by atoms with E-state index in [1.807, 2.05) is 42.5 Å². The number of hydrogen-bond donors (Lipinski definition) is 3. The molecule has 1 saturated carbocycles. The second-order valence-corrected chi connectivity index (χ2v) is 11.3. The number of thioether (sulfide) groups is 1. The molecule has 3 N–H and O–H groups in total. The van der Waals surface area contributed by atoms with Crippen LogP contribution in [0.5, 0.6) is 5.75 Å². The van der Waals surface area contributed by atoms with Gasteiger partial charge in [0.1, 0.15) is 16.4 Å². The SMILES string of the molecule is Clc1cnc2nc1Nc1cccc(c1)SCCOc1cc(NC(=C3CCC3)c3ccc4occc4c3)cc(c1)N2. The smallest absolute Gasteiger partial charge is 0.229 e. The molecule has 3 heterocycles. The van der Waals surface area contributed by atoms with E-state index in [4.69, 9.17) is 20.8 Å². The Morgan fingerprint density at radius 3 is 2.83 bits per heavy atom. The second kappa shape index (κ2) is 10.8. The van der Waals surface area contributed by atoms with E-state index in [0.717, 1.165) is 68.5 Å². The fourth-order valence-corrected chi connectivity index (χ4v) is 5.75. The second-order valence-electron chi connectivity index (χ2n) is 9.74. The maximum absolute atomic E-state index is 6.44. The molecule has 0 unspecified atom stereocenters. The summed E-state index contributed by atoms with van der Waals surface area (Å²) in [5.41, 5.74) is 7.19. The average Bonchev–Trinajstić information content (AvgIpc) is 3.40. The number of allylic oxidation sites excluding steroid dienone is 1. The highest BCUT2D eigenvalue weighted by molar-refractivity contribution is 7.99. The van der Waals surface area contributed by atoms with Crippen LogP contribution < -0.4 is 20.7 Å². The van der Waals surface area contributed by atoms with Crippen LogP contribution >= 0.6 is 23.4 Å². The third-order valence-corrected chi connectivity index (χ3v) is 8.18. The Bertz CT molecular complexity index is 1750. The lowest BCUT2D eigenvalue weighted by Crippen LogP contribution is -2.09. The van der Waals surface area contributed by atoms with Crippen LogP contribution in [0, 0.1) is 0 Å². The van der Waals surface area contributed by atoms with Crippen LogP contribution in [0.4, 0.5) is 28.8 Å². The molecule has 2 aliphatic rings. The molecule has 6 bridgehead atoms. The fourth-order valence-electron chi connectivity index (χ4n) is 4.82. The lowest BCUT2D eigenvalue weighted by Gasteiger charge is -2.24. The number of nitrogens with zero attached hydrogens (tertiary/aromatic N) is 2. The summed E-state index contributed by atoms with van der Waals surface area (Å²) >= 11 is 8.18. The van der Waals surface area contributed by atoms with Crippen molar-refractivity contribution in [2.75, 3.05) is 28.3 Å². The van der Waals surface area contributed by atoms with Gasteiger partial charge in [-0.1, -0.05) is 17.7 Å². The summed E-state index contributed by atoms with van der Waals surface area (Å²) < 4.78 is 11.8. The van der Waals surface area contributed by atoms with Gasteiger partial charge >= 0.3 is 0 Å². The lowest BCUT2D eigenvalue weighted by molar-refractivity contribution is 0.344. The summed E-state index contributed by atoms with van der Waals surface area (Å²) in [6, 6.07) is 22.5. The third-order valence-electron chi connectivity index (χ3n) is 6.95. The first-order valence-electron chi connectivity index (χ1n) is 13.2. The Balaban J connectivity index is 1.24. The van der Waals surface area contributed by atoms with Crippen molar-refractivity contribution in [2.24, 2.45) is 0 Å². The number of ether oxygens (including phenoxy) is 1. The molecular weight excluding hydrogens is 542 g/mol. The van der Waals surface area contributed by atoms with Gasteiger partial charge in [0.05, 0.1) is 19.1 Å². The van der Waals surface area contributed by atoms with Crippen molar-refractivity contribution in [1.29, 1.82) is 0 Å². The molecule has 9 heteroatoms. The number of fused-ring (bicyclic) bond motifs is 7. The standard InChI is InChI=1S/C31H26ClN5O2S/c32-27-18-33-31-36-24-14-23(34-29(19-3-1-4-19)21-7-8-28-20(13-21)9-10-39-28)15-25(16-24)38-11-12-40-26-6-2-5-22(17-26)35-30(27)37-31/h2,5-10,13-18,34H,1,3-4,11-12H2,(H2,33,35,36,37). The van der Waals surface area contributed by atoms with Gasteiger partial charge < -0.3 is 25.1 Å². The van der Waals surface area contributed by atoms with E-state index in [1.54, 1.807) is 24.2 Å². The molecule has 3 aromatic carbocycles. The first-order valence-corrected chi connectivity index (χ1v) is 14.6. The molecular formula is C31H26ClN5O2S. The largest absolute Gasteiger partial charge is 0.493 e. The Labute approximate surface area is 241 Å². The molecule has 0 saturated heterocycles. The van der Waals surface area contributed by atoms with Crippen LogP contribution in [0.15, 0.2) is 94.1 Å². The van der Waals surface area contributed by atoms with Gasteiger partial charge in [-0.05, 0) is 78.9 Å². The summed E-state index contributed by atoms with van der Waals surface area (Å²) in [5.74, 6) is 2.53. The van der Waals surface area contributed by atoms with E-state index in [2.05, 4.69) is 50.2 Å². The van der Waals surface area contributed by atoms with Crippen molar-refractivity contribution in [3.8, 4) is 5.75 Å². The molecule has 0 spiro atoms. The van der Waals surface area contributed by atoms with E-state index >= 15 is 0 Å². The predicted octanol–water partition coefficient (Wildman–Crippen LogP) is 8.86. The van der Waals surface area contributed by atoms with Crippen LogP contribution in [0.25, 0.3) is 16.7 Å². The van der Waals surface area contributed by atoms with E-state index in [0.29, 0.717) is 23.4 Å². The quantitative estimate of drug-likeness (QED) is 0.199. The summed E-state index contributed by atoms with van der Waals surface area (Å²) in [7, 11) is 0. The van der Waals surface area contributed by atoms with Crippen LogP contribution in [-0.2, 0) is 0 Å². The van der Waals surface area contributed by atoms with Crippen molar-refractivity contribution in [1.82, 2.24) is 9.97 Å². The number of benzene rings is 3. The number of rotatable bonds is 3. The van der Waals surface area contributed by atoms with Gasteiger partial charge in [-0.2, -0.15) is 4.98 Å². The highest BCUT2D eigenvalue weighted by Gasteiger charge is 2.18.